The average Bonchev–Trinajstić information content (AvgIpc) is 2.16. The minimum Gasteiger partial charge on any atom is -0.299 e. The second kappa shape index (κ2) is 3.44. The van der Waals surface area contributed by atoms with Gasteiger partial charge in [0, 0.05) is 12.8 Å². The van der Waals surface area contributed by atoms with Crippen molar-refractivity contribution in [3.05, 3.63) is 35.4 Å². The highest BCUT2D eigenvalue weighted by Crippen LogP contribution is 2.43. The molecule has 0 aliphatic heterocycles. The Morgan fingerprint density at radius 3 is 2.53 bits per heavy atom. The van der Waals surface area contributed by atoms with E-state index < -0.39 is 5.54 Å². The van der Waals surface area contributed by atoms with Gasteiger partial charge in [0.1, 0.15) is 11.3 Å². The lowest BCUT2D eigenvalue weighted by Gasteiger charge is -2.36. The van der Waals surface area contributed by atoms with Crippen LogP contribution in [0.1, 0.15) is 24.0 Å². The van der Waals surface area contributed by atoms with E-state index in [1.807, 2.05) is 31.2 Å². The highest BCUT2D eigenvalue weighted by Gasteiger charge is 2.45. The van der Waals surface area contributed by atoms with Crippen molar-refractivity contribution in [3.63, 3.8) is 0 Å². The number of aliphatic imine (C=N–C) groups is 1. The molecule has 3 heteroatoms. The van der Waals surface area contributed by atoms with Crippen LogP contribution in [0.5, 0.6) is 0 Å². The predicted octanol–water partition coefficient (Wildman–Crippen LogP) is 1.89. The van der Waals surface area contributed by atoms with Crippen LogP contribution in [0.4, 0.5) is 0 Å². The summed E-state index contributed by atoms with van der Waals surface area (Å²) in [4.78, 5) is 25.3. The van der Waals surface area contributed by atoms with Crippen LogP contribution in [0.15, 0.2) is 29.3 Å². The van der Waals surface area contributed by atoms with Gasteiger partial charge in [-0.3, -0.25) is 4.79 Å². The lowest BCUT2D eigenvalue weighted by atomic mass is 9.70. The lowest BCUT2D eigenvalue weighted by Crippen LogP contribution is -2.40. The molecule has 0 heterocycles. The molecule has 1 aliphatic carbocycles. The van der Waals surface area contributed by atoms with Crippen LogP contribution in [-0.4, -0.2) is 11.9 Å². The minimum atomic E-state index is -0.621. The summed E-state index contributed by atoms with van der Waals surface area (Å²) in [5, 5.41) is 0. The van der Waals surface area contributed by atoms with Crippen molar-refractivity contribution in [3.8, 4) is 0 Å². The van der Waals surface area contributed by atoms with Crippen molar-refractivity contribution in [2.24, 2.45) is 4.99 Å². The molecule has 1 fully saturated rings. The summed E-state index contributed by atoms with van der Waals surface area (Å²) < 4.78 is 0. The number of carbonyl (C=O) groups is 1. The molecule has 76 valence electrons. The monoisotopic (exact) mass is 201 g/mol. The molecule has 1 aliphatic rings. The molecule has 1 aromatic rings. The number of isocyanates is 1. The molecule has 2 rings (SSSR count). The number of aryl methyl sites for hydroxylation is 1. The molecule has 0 saturated heterocycles. The number of rotatable bonds is 2. The van der Waals surface area contributed by atoms with Crippen LogP contribution < -0.4 is 0 Å². The molecule has 3 nitrogen and oxygen atoms in total. The molecular weight excluding hydrogens is 190 g/mol. The zero-order valence-corrected chi connectivity index (χ0v) is 8.49. The van der Waals surface area contributed by atoms with E-state index in [1.54, 1.807) is 6.08 Å². The molecule has 0 N–H and O–H groups in total. The average molecular weight is 201 g/mol. The Hall–Kier alpha value is -1.73. The number of nitrogens with zero attached hydrogens (tertiary/aromatic N) is 1. The van der Waals surface area contributed by atoms with Crippen molar-refractivity contribution < 1.29 is 9.59 Å². The molecule has 15 heavy (non-hydrogen) atoms. The first-order valence-electron chi connectivity index (χ1n) is 4.85. The third-order valence-corrected chi connectivity index (χ3v) is 2.89. The van der Waals surface area contributed by atoms with Crippen molar-refractivity contribution in [2.75, 3.05) is 0 Å². The van der Waals surface area contributed by atoms with Crippen LogP contribution in [0.25, 0.3) is 0 Å². The molecule has 0 aromatic heterocycles. The van der Waals surface area contributed by atoms with Crippen molar-refractivity contribution in [1.29, 1.82) is 0 Å². The van der Waals surface area contributed by atoms with Crippen LogP contribution in [0.2, 0.25) is 0 Å². The summed E-state index contributed by atoms with van der Waals surface area (Å²) >= 11 is 0. The maximum Gasteiger partial charge on any atom is 0.235 e. The summed E-state index contributed by atoms with van der Waals surface area (Å²) in [5.74, 6) is 0.150. The molecule has 0 unspecified atom stereocenters. The first-order chi connectivity index (χ1) is 7.18. The van der Waals surface area contributed by atoms with Crippen LogP contribution in [0, 0.1) is 6.92 Å². The number of Topliss-reactive ketones (excluding diaryl/α,β-unsaturated/α-hetero) is 1. The maximum atomic E-state index is 11.1. The van der Waals surface area contributed by atoms with E-state index in [0.717, 1.165) is 11.1 Å². The van der Waals surface area contributed by atoms with Gasteiger partial charge in [-0.15, -0.1) is 0 Å². The van der Waals surface area contributed by atoms with Gasteiger partial charge in [0.25, 0.3) is 0 Å². The minimum absolute atomic E-state index is 0.150. The number of hydrogen-bond acceptors (Lipinski definition) is 3. The smallest absolute Gasteiger partial charge is 0.235 e. The molecule has 0 amide bonds. The van der Waals surface area contributed by atoms with E-state index in [4.69, 9.17) is 0 Å². The van der Waals surface area contributed by atoms with Crippen molar-refractivity contribution in [2.45, 2.75) is 25.3 Å². The Kier molecular flexibility index (Phi) is 2.25. The summed E-state index contributed by atoms with van der Waals surface area (Å²) in [7, 11) is 0. The SMILES string of the molecule is Cc1ccccc1C1(N=C=O)CC(=O)C1. The summed E-state index contributed by atoms with van der Waals surface area (Å²) in [6, 6.07) is 7.70. The van der Waals surface area contributed by atoms with E-state index in [2.05, 4.69) is 4.99 Å². The Bertz CT molecular complexity index is 450. The van der Waals surface area contributed by atoms with E-state index >= 15 is 0 Å². The summed E-state index contributed by atoms with van der Waals surface area (Å²) in [6.07, 6.45) is 2.23. The van der Waals surface area contributed by atoms with Gasteiger partial charge in [-0.05, 0) is 18.1 Å². The normalized spacial score (nSPS) is 17.8. The molecular formula is C12H11NO2. The quantitative estimate of drug-likeness (QED) is 0.541. The van der Waals surface area contributed by atoms with Gasteiger partial charge in [-0.1, -0.05) is 24.3 Å². The van der Waals surface area contributed by atoms with Gasteiger partial charge in [0.15, 0.2) is 0 Å². The van der Waals surface area contributed by atoms with E-state index in [1.165, 1.54) is 0 Å². The largest absolute Gasteiger partial charge is 0.299 e. The third-order valence-electron chi connectivity index (χ3n) is 2.89. The van der Waals surface area contributed by atoms with Gasteiger partial charge in [0.05, 0.1) is 0 Å². The second-order valence-electron chi connectivity index (χ2n) is 3.94. The Morgan fingerprint density at radius 1 is 1.33 bits per heavy atom. The first kappa shape index (κ1) is 9.81. The molecule has 1 aromatic carbocycles. The van der Waals surface area contributed by atoms with Gasteiger partial charge in [-0.25, -0.2) is 4.79 Å². The van der Waals surface area contributed by atoms with Crippen LogP contribution in [-0.2, 0) is 15.1 Å². The fourth-order valence-electron chi connectivity index (χ4n) is 2.11. The highest BCUT2D eigenvalue weighted by molar-refractivity contribution is 5.89. The Morgan fingerprint density at radius 2 is 2.00 bits per heavy atom. The van der Waals surface area contributed by atoms with Crippen LogP contribution >= 0.6 is 0 Å². The van der Waals surface area contributed by atoms with Crippen molar-refractivity contribution in [1.82, 2.24) is 0 Å². The van der Waals surface area contributed by atoms with Gasteiger partial charge < -0.3 is 0 Å². The second-order valence-corrected chi connectivity index (χ2v) is 3.94. The summed E-state index contributed by atoms with van der Waals surface area (Å²) in [6.45, 7) is 1.96. The number of hydrogen-bond donors (Lipinski definition) is 0. The zero-order chi connectivity index (χ0) is 10.9. The van der Waals surface area contributed by atoms with Crippen molar-refractivity contribution >= 4 is 11.9 Å². The van der Waals surface area contributed by atoms with E-state index in [0.29, 0.717) is 12.8 Å². The Labute approximate surface area is 87.8 Å². The number of ketones is 1. The molecule has 1 saturated carbocycles. The van der Waals surface area contributed by atoms with E-state index in [-0.39, 0.29) is 5.78 Å². The topological polar surface area (TPSA) is 46.5 Å². The fourth-order valence-corrected chi connectivity index (χ4v) is 2.11. The summed E-state index contributed by atoms with van der Waals surface area (Å²) in [5.41, 5.74) is 1.40. The third kappa shape index (κ3) is 1.51. The fraction of sp³-hybridized carbons (Fsp3) is 0.333. The molecule has 0 radical (unpaired) electrons. The van der Waals surface area contributed by atoms with E-state index in [9.17, 15) is 9.59 Å². The maximum absolute atomic E-state index is 11.1. The zero-order valence-electron chi connectivity index (χ0n) is 8.49. The van der Waals surface area contributed by atoms with Gasteiger partial charge in [-0.2, -0.15) is 4.99 Å². The molecule has 0 spiro atoms. The standard InChI is InChI=1S/C12H11NO2/c1-9-4-2-3-5-11(9)12(13-8-14)6-10(15)7-12/h2-5H,6-7H2,1H3. The van der Waals surface area contributed by atoms with Gasteiger partial charge >= 0.3 is 0 Å². The van der Waals surface area contributed by atoms with Gasteiger partial charge in [0.2, 0.25) is 6.08 Å². The van der Waals surface area contributed by atoms with Crippen LogP contribution in [0.3, 0.4) is 0 Å². The number of benzene rings is 1. The number of carbonyl (C=O) groups excluding carboxylic acids is 2. The molecule has 0 bridgehead atoms. The predicted molar refractivity (Wildman–Crippen MR) is 55.2 cm³/mol. The lowest BCUT2D eigenvalue weighted by molar-refractivity contribution is -0.128. The highest BCUT2D eigenvalue weighted by atomic mass is 16.1. The first-order valence-corrected chi connectivity index (χ1v) is 4.85. The molecule has 0 atom stereocenters. The Balaban J connectivity index is 2.47.